The molecule has 1 nitrogen and oxygen atoms in total. The fourth-order valence-corrected chi connectivity index (χ4v) is 2.63. The van der Waals surface area contributed by atoms with Gasteiger partial charge in [0.05, 0.1) is 0 Å². The predicted molar refractivity (Wildman–Crippen MR) is 74.0 cm³/mol. The van der Waals surface area contributed by atoms with E-state index in [1.165, 1.54) is 43.2 Å². The highest BCUT2D eigenvalue weighted by Gasteiger charge is 2.19. The number of benzene rings is 1. The lowest BCUT2D eigenvalue weighted by Crippen LogP contribution is -2.29. The fraction of sp³-hybridized carbons (Fsp3) is 0.500. The van der Waals surface area contributed by atoms with Crippen molar-refractivity contribution in [3.8, 4) is 0 Å². The normalized spacial score (nSPS) is 20.2. The van der Waals surface area contributed by atoms with Gasteiger partial charge in [0.1, 0.15) is 0 Å². The minimum absolute atomic E-state index is 0.190. The summed E-state index contributed by atoms with van der Waals surface area (Å²) in [5.41, 5.74) is 9.25. The van der Waals surface area contributed by atoms with Gasteiger partial charge in [0, 0.05) is 12.0 Å². The first-order valence-electron chi connectivity index (χ1n) is 6.78. The van der Waals surface area contributed by atoms with Gasteiger partial charge in [-0.1, -0.05) is 55.3 Å². The van der Waals surface area contributed by atoms with Crippen molar-refractivity contribution in [3.05, 3.63) is 47.5 Å². The van der Waals surface area contributed by atoms with Gasteiger partial charge in [-0.15, -0.1) is 0 Å². The quantitative estimate of drug-likeness (QED) is 0.779. The molecule has 2 atom stereocenters. The fourth-order valence-electron chi connectivity index (χ4n) is 2.63. The summed E-state index contributed by atoms with van der Waals surface area (Å²) in [6.45, 7) is 2.24. The Balaban J connectivity index is 2.08. The van der Waals surface area contributed by atoms with Crippen LogP contribution in [-0.4, -0.2) is 6.04 Å². The number of rotatable bonds is 3. The van der Waals surface area contributed by atoms with Crippen molar-refractivity contribution in [1.82, 2.24) is 0 Å². The van der Waals surface area contributed by atoms with Gasteiger partial charge in [0.25, 0.3) is 0 Å². The Morgan fingerprint density at radius 2 is 1.82 bits per heavy atom. The third kappa shape index (κ3) is 3.19. The van der Waals surface area contributed by atoms with Crippen molar-refractivity contribution in [3.63, 3.8) is 0 Å². The molecule has 1 aromatic carbocycles. The maximum absolute atomic E-state index is 6.43. The third-order valence-corrected chi connectivity index (χ3v) is 3.87. The van der Waals surface area contributed by atoms with E-state index in [0.29, 0.717) is 5.92 Å². The monoisotopic (exact) mass is 229 g/mol. The molecule has 0 aromatic heterocycles. The Hall–Kier alpha value is -1.08. The van der Waals surface area contributed by atoms with Crippen molar-refractivity contribution in [2.24, 2.45) is 5.73 Å². The molecule has 1 aliphatic carbocycles. The Labute approximate surface area is 105 Å². The van der Waals surface area contributed by atoms with Crippen LogP contribution in [0.3, 0.4) is 0 Å². The van der Waals surface area contributed by atoms with Crippen molar-refractivity contribution < 1.29 is 0 Å². The van der Waals surface area contributed by atoms with Crippen LogP contribution in [-0.2, 0) is 0 Å². The molecule has 17 heavy (non-hydrogen) atoms. The third-order valence-electron chi connectivity index (χ3n) is 3.87. The lowest BCUT2D eigenvalue weighted by atomic mass is 9.87. The second-order valence-electron chi connectivity index (χ2n) is 5.10. The van der Waals surface area contributed by atoms with E-state index in [0.717, 1.165) is 0 Å². The smallest absolute Gasteiger partial charge is 0.0320 e. The molecule has 0 spiro atoms. The Morgan fingerprint density at radius 3 is 2.59 bits per heavy atom. The van der Waals surface area contributed by atoms with Crippen molar-refractivity contribution in [2.75, 3.05) is 0 Å². The van der Waals surface area contributed by atoms with Crippen molar-refractivity contribution >= 4 is 0 Å². The molecule has 1 aromatic rings. The summed E-state index contributed by atoms with van der Waals surface area (Å²) in [6, 6.07) is 10.8. The maximum Gasteiger partial charge on any atom is 0.0320 e. The minimum atomic E-state index is 0.190. The largest absolute Gasteiger partial charge is 0.324 e. The zero-order valence-corrected chi connectivity index (χ0v) is 10.7. The molecule has 92 valence electrons. The van der Waals surface area contributed by atoms with Crippen LogP contribution in [0.15, 0.2) is 42.0 Å². The van der Waals surface area contributed by atoms with Gasteiger partial charge in [-0.3, -0.25) is 0 Å². The molecule has 0 saturated heterocycles. The molecular weight excluding hydrogens is 206 g/mol. The summed E-state index contributed by atoms with van der Waals surface area (Å²) < 4.78 is 0. The molecule has 0 bridgehead atoms. The van der Waals surface area contributed by atoms with Gasteiger partial charge in [-0.25, -0.2) is 0 Å². The lowest BCUT2D eigenvalue weighted by molar-refractivity contribution is 0.602. The molecule has 2 N–H and O–H groups in total. The Morgan fingerprint density at radius 1 is 1.06 bits per heavy atom. The molecule has 2 rings (SSSR count). The molecule has 0 amide bonds. The summed E-state index contributed by atoms with van der Waals surface area (Å²) in [7, 11) is 0. The zero-order valence-electron chi connectivity index (χ0n) is 10.7. The first-order valence-corrected chi connectivity index (χ1v) is 6.78. The average molecular weight is 229 g/mol. The Bertz CT molecular complexity index is 366. The standard InChI is InChI=1S/C16H23N/c1-13(14-9-7-4-8-10-14)16(17)15-11-5-2-3-6-12-15/h4,7-11,13,16H,2-3,5-6,12,17H2,1H3. The van der Waals surface area contributed by atoms with Crippen LogP contribution < -0.4 is 5.73 Å². The van der Waals surface area contributed by atoms with Gasteiger partial charge in [-0.2, -0.15) is 0 Å². The maximum atomic E-state index is 6.43. The van der Waals surface area contributed by atoms with Crippen LogP contribution in [0.1, 0.15) is 50.5 Å². The summed E-state index contributed by atoms with van der Waals surface area (Å²) in [4.78, 5) is 0. The molecule has 2 unspecified atom stereocenters. The SMILES string of the molecule is CC(c1ccccc1)C(N)C1=CCCCCC1. The molecule has 0 saturated carbocycles. The van der Waals surface area contributed by atoms with Crippen molar-refractivity contribution in [1.29, 1.82) is 0 Å². The Kier molecular flexibility index (Phi) is 4.38. The number of hydrogen-bond acceptors (Lipinski definition) is 1. The molecule has 0 aliphatic heterocycles. The van der Waals surface area contributed by atoms with E-state index in [1.54, 1.807) is 0 Å². The molecular formula is C16H23N. The second kappa shape index (κ2) is 6.02. The van der Waals surface area contributed by atoms with Crippen LogP contribution in [0, 0.1) is 0 Å². The van der Waals surface area contributed by atoms with E-state index < -0.39 is 0 Å². The molecule has 0 fully saturated rings. The van der Waals surface area contributed by atoms with Gasteiger partial charge in [0.2, 0.25) is 0 Å². The number of allylic oxidation sites excluding steroid dienone is 1. The van der Waals surface area contributed by atoms with Crippen molar-refractivity contribution in [2.45, 2.75) is 51.0 Å². The number of hydrogen-bond donors (Lipinski definition) is 1. The first kappa shape index (κ1) is 12.4. The number of nitrogens with two attached hydrogens (primary N) is 1. The van der Waals surface area contributed by atoms with Crippen LogP contribution >= 0.6 is 0 Å². The van der Waals surface area contributed by atoms with Crippen LogP contribution in [0.5, 0.6) is 0 Å². The van der Waals surface area contributed by atoms with E-state index in [1.807, 2.05) is 0 Å². The molecule has 1 heteroatoms. The van der Waals surface area contributed by atoms with E-state index in [2.05, 4.69) is 43.3 Å². The molecule has 1 aliphatic rings. The summed E-state index contributed by atoms with van der Waals surface area (Å²) >= 11 is 0. The van der Waals surface area contributed by atoms with Crippen LogP contribution in [0.25, 0.3) is 0 Å². The highest BCUT2D eigenvalue weighted by atomic mass is 14.7. The van der Waals surface area contributed by atoms with E-state index in [9.17, 15) is 0 Å². The summed E-state index contributed by atoms with van der Waals surface area (Å²) in [5, 5.41) is 0. The first-order chi connectivity index (χ1) is 8.29. The highest BCUT2D eigenvalue weighted by molar-refractivity contribution is 5.25. The summed E-state index contributed by atoms with van der Waals surface area (Å²) in [5.74, 6) is 0.417. The highest BCUT2D eigenvalue weighted by Crippen LogP contribution is 2.27. The van der Waals surface area contributed by atoms with Gasteiger partial charge in [0.15, 0.2) is 0 Å². The van der Waals surface area contributed by atoms with Crippen LogP contribution in [0.2, 0.25) is 0 Å². The van der Waals surface area contributed by atoms with E-state index in [4.69, 9.17) is 5.73 Å². The predicted octanol–water partition coefficient (Wildman–Crippen LogP) is 4.01. The lowest BCUT2D eigenvalue weighted by Gasteiger charge is -2.23. The van der Waals surface area contributed by atoms with E-state index >= 15 is 0 Å². The zero-order chi connectivity index (χ0) is 12.1. The topological polar surface area (TPSA) is 26.0 Å². The van der Waals surface area contributed by atoms with Gasteiger partial charge >= 0.3 is 0 Å². The average Bonchev–Trinajstić information content (AvgIpc) is 2.67. The minimum Gasteiger partial charge on any atom is -0.324 e. The molecule has 0 heterocycles. The van der Waals surface area contributed by atoms with E-state index in [-0.39, 0.29) is 6.04 Å². The van der Waals surface area contributed by atoms with Gasteiger partial charge in [-0.05, 0) is 31.2 Å². The van der Waals surface area contributed by atoms with Crippen LogP contribution in [0.4, 0.5) is 0 Å². The summed E-state index contributed by atoms with van der Waals surface area (Å²) in [6.07, 6.45) is 8.78. The van der Waals surface area contributed by atoms with Gasteiger partial charge < -0.3 is 5.73 Å². The second-order valence-corrected chi connectivity index (χ2v) is 5.10. The molecule has 0 radical (unpaired) electrons.